The molecule has 0 aromatic heterocycles. The Hall–Kier alpha value is -0.610. The van der Waals surface area contributed by atoms with E-state index in [1.807, 2.05) is 21.0 Å². The van der Waals surface area contributed by atoms with Gasteiger partial charge in [-0.1, -0.05) is 0 Å². The second-order valence-electron chi connectivity index (χ2n) is 4.20. The van der Waals surface area contributed by atoms with Crippen LogP contribution < -0.4 is 5.32 Å². The van der Waals surface area contributed by atoms with Crippen molar-refractivity contribution in [3.63, 3.8) is 0 Å². The van der Waals surface area contributed by atoms with Gasteiger partial charge >= 0.3 is 0 Å². The summed E-state index contributed by atoms with van der Waals surface area (Å²) in [4.78, 5) is 15.7. The Balaban J connectivity index is 2.57. The fourth-order valence-corrected chi connectivity index (χ4v) is 1.95. The minimum absolute atomic E-state index is 0.00194. The number of nitrogens with zero attached hydrogens (tertiary/aromatic N) is 2. The molecule has 1 unspecified atom stereocenters. The number of hydrogen-bond donors (Lipinski definition) is 1. The van der Waals surface area contributed by atoms with Crippen LogP contribution in [0.5, 0.6) is 0 Å². The van der Waals surface area contributed by atoms with Crippen LogP contribution in [0.1, 0.15) is 13.8 Å². The number of rotatable bonds is 2. The molecule has 1 heterocycles. The molecule has 4 heteroatoms. The van der Waals surface area contributed by atoms with Crippen LogP contribution in [0.3, 0.4) is 0 Å². The maximum absolute atomic E-state index is 11.8. The van der Waals surface area contributed by atoms with Crippen LogP contribution in [0.25, 0.3) is 0 Å². The SMILES string of the molecule is CC(C(=O)N(C)C)N1CCNC[C@H]1C. The molecule has 2 atom stereocenters. The van der Waals surface area contributed by atoms with Gasteiger partial charge in [0.15, 0.2) is 0 Å². The van der Waals surface area contributed by atoms with E-state index in [0.29, 0.717) is 6.04 Å². The van der Waals surface area contributed by atoms with Crippen molar-refractivity contribution in [3.05, 3.63) is 0 Å². The molecule has 0 bridgehead atoms. The minimum Gasteiger partial charge on any atom is -0.347 e. The van der Waals surface area contributed by atoms with E-state index in [9.17, 15) is 4.79 Å². The predicted octanol–water partition coefficient (Wildman–Crippen LogP) is -0.243. The summed E-state index contributed by atoms with van der Waals surface area (Å²) < 4.78 is 0. The summed E-state index contributed by atoms with van der Waals surface area (Å²) >= 11 is 0. The van der Waals surface area contributed by atoms with Crippen molar-refractivity contribution >= 4 is 5.91 Å². The number of carbonyl (C=O) groups is 1. The molecule has 1 fully saturated rings. The molecular formula is C10H21N3O. The van der Waals surface area contributed by atoms with Crippen LogP contribution in [0.2, 0.25) is 0 Å². The molecule has 0 radical (unpaired) electrons. The van der Waals surface area contributed by atoms with E-state index in [4.69, 9.17) is 0 Å². The first kappa shape index (κ1) is 11.5. The maximum Gasteiger partial charge on any atom is 0.239 e. The maximum atomic E-state index is 11.8. The lowest BCUT2D eigenvalue weighted by atomic mass is 10.1. The van der Waals surface area contributed by atoms with Gasteiger partial charge in [-0.15, -0.1) is 0 Å². The van der Waals surface area contributed by atoms with E-state index < -0.39 is 0 Å². The zero-order valence-electron chi connectivity index (χ0n) is 9.58. The Morgan fingerprint density at radius 3 is 2.71 bits per heavy atom. The average Bonchev–Trinajstić information content (AvgIpc) is 2.16. The first-order valence-electron chi connectivity index (χ1n) is 5.21. The van der Waals surface area contributed by atoms with Gasteiger partial charge in [-0.25, -0.2) is 0 Å². The molecule has 1 N–H and O–H groups in total. The fraction of sp³-hybridized carbons (Fsp3) is 0.900. The second kappa shape index (κ2) is 4.75. The lowest BCUT2D eigenvalue weighted by Gasteiger charge is -2.38. The molecule has 0 aliphatic carbocycles. The Morgan fingerprint density at radius 1 is 1.57 bits per heavy atom. The molecule has 0 aromatic carbocycles. The highest BCUT2D eigenvalue weighted by Gasteiger charge is 2.28. The zero-order chi connectivity index (χ0) is 10.7. The first-order valence-corrected chi connectivity index (χ1v) is 5.21. The van der Waals surface area contributed by atoms with Crippen molar-refractivity contribution in [1.82, 2.24) is 15.1 Å². The lowest BCUT2D eigenvalue weighted by molar-refractivity contribution is -0.135. The van der Waals surface area contributed by atoms with Crippen molar-refractivity contribution in [2.75, 3.05) is 33.7 Å². The predicted molar refractivity (Wildman–Crippen MR) is 57.2 cm³/mol. The van der Waals surface area contributed by atoms with Crippen LogP contribution in [0.15, 0.2) is 0 Å². The molecule has 1 rings (SSSR count). The minimum atomic E-state index is 0.00194. The highest BCUT2D eigenvalue weighted by Crippen LogP contribution is 2.09. The first-order chi connectivity index (χ1) is 6.54. The summed E-state index contributed by atoms with van der Waals surface area (Å²) in [5, 5.41) is 3.32. The third kappa shape index (κ3) is 2.45. The van der Waals surface area contributed by atoms with Gasteiger partial charge in [0, 0.05) is 39.8 Å². The number of piperazine rings is 1. The van der Waals surface area contributed by atoms with Crippen molar-refractivity contribution in [1.29, 1.82) is 0 Å². The standard InChI is InChI=1S/C10H21N3O/c1-8-7-11-5-6-13(8)9(2)10(14)12(3)4/h8-9,11H,5-7H2,1-4H3/t8-,9?/m1/s1. The van der Waals surface area contributed by atoms with Crippen molar-refractivity contribution < 1.29 is 4.79 Å². The molecule has 14 heavy (non-hydrogen) atoms. The Labute approximate surface area is 86.2 Å². The zero-order valence-corrected chi connectivity index (χ0v) is 9.58. The number of amides is 1. The molecular weight excluding hydrogens is 178 g/mol. The van der Waals surface area contributed by atoms with Crippen molar-refractivity contribution in [3.8, 4) is 0 Å². The highest BCUT2D eigenvalue weighted by molar-refractivity contribution is 5.81. The summed E-state index contributed by atoms with van der Waals surface area (Å²) in [5.41, 5.74) is 0. The molecule has 0 aromatic rings. The van der Waals surface area contributed by atoms with E-state index >= 15 is 0 Å². The third-order valence-electron chi connectivity index (χ3n) is 2.85. The summed E-state index contributed by atoms with van der Waals surface area (Å²) in [5.74, 6) is 0.193. The van der Waals surface area contributed by atoms with Crippen LogP contribution in [-0.2, 0) is 4.79 Å². The normalized spacial score (nSPS) is 25.9. The molecule has 1 aliphatic rings. The fourth-order valence-electron chi connectivity index (χ4n) is 1.95. The Morgan fingerprint density at radius 2 is 2.21 bits per heavy atom. The van der Waals surface area contributed by atoms with Crippen LogP contribution in [0.4, 0.5) is 0 Å². The Bertz CT molecular complexity index is 206. The summed E-state index contributed by atoms with van der Waals surface area (Å²) in [6.07, 6.45) is 0. The lowest BCUT2D eigenvalue weighted by Crippen LogP contribution is -2.56. The van der Waals surface area contributed by atoms with E-state index in [1.165, 1.54) is 0 Å². The van der Waals surface area contributed by atoms with Crippen molar-refractivity contribution in [2.45, 2.75) is 25.9 Å². The quantitative estimate of drug-likeness (QED) is 0.666. The molecule has 1 aliphatic heterocycles. The van der Waals surface area contributed by atoms with Gasteiger partial charge in [0.1, 0.15) is 0 Å². The van der Waals surface area contributed by atoms with Gasteiger partial charge in [0.2, 0.25) is 5.91 Å². The Kier molecular flexibility index (Phi) is 3.89. The van der Waals surface area contributed by atoms with E-state index in [0.717, 1.165) is 19.6 Å². The number of likely N-dealkylation sites (N-methyl/N-ethyl adjacent to an activating group) is 1. The van der Waals surface area contributed by atoms with Gasteiger partial charge in [-0.3, -0.25) is 9.69 Å². The molecule has 1 amide bonds. The number of nitrogens with one attached hydrogen (secondary N) is 1. The number of hydrogen-bond acceptors (Lipinski definition) is 3. The van der Waals surface area contributed by atoms with Crippen LogP contribution in [-0.4, -0.2) is 61.5 Å². The topological polar surface area (TPSA) is 35.6 Å². The van der Waals surface area contributed by atoms with Gasteiger partial charge in [0.05, 0.1) is 6.04 Å². The van der Waals surface area contributed by atoms with Gasteiger partial charge in [0.25, 0.3) is 0 Å². The number of carbonyl (C=O) groups excluding carboxylic acids is 1. The molecule has 4 nitrogen and oxygen atoms in total. The summed E-state index contributed by atoms with van der Waals surface area (Å²) in [7, 11) is 3.62. The van der Waals surface area contributed by atoms with E-state index in [1.54, 1.807) is 4.90 Å². The molecule has 0 saturated carbocycles. The molecule has 0 spiro atoms. The third-order valence-corrected chi connectivity index (χ3v) is 2.85. The molecule has 1 saturated heterocycles. The highest BCUT2D eigenvalue weighted by atomic mass is 16.2. The van der Waals surface area contributed by atoms with Gasteiger partial charge in [-0.2, -0.15) is 0 Å². The van der Waals surface area contributed by atoms with Crippen LogP contribution >= 0.6 is 0 Å². The monoisotopic (exact) mass is 199 g/mol. The second-order valence-corrected chi connectivity index (χ2v) is 4.20. The van der Waals surface area contributed by atoms with Crippen molar-refractivity contribution in [2.24, 2.45) is 0 Å². The summed E-state index contributed by atoms with van der Waals surface area (Å²) in [6, 6.07) is 0.449. The summed E-state index contributed by atoms with van der Waals surface area (Å²) in [6.45, 7) is 7.07. The van der Waals surface area contributed by atoms with Gasteiger partial charge < -0.3 is 10.2 Å². The van der Waals surface area contributed by atoms with E-state index in [-0.39, 0.29) is 11.9 Å². The average molecular weight is 199 g/mol. The van der Waals surface area contributed by atoms with Crippen LogP contribution in [0, 0.1) is 0 Å². The van der Waals surface area contributed by atoms with Gasteiger partial charge in [-0.05, 0) is 13.8 Å². The largest absolute Gasteiger partial charge is 0.347 e. The van der Waals surface area contributed by atoms with E-state index in [2.05, 4.69) is 17.1 Å². The molecule has 82 valence electrons. The smallest absolute Gasteiger partial charge is 0.239 e.